The molecule has 0 spiro atoms. The Labute approximate surface area is 117 Å². The Morgan fingerprint density at radius 2 is 1.89 bits per heavy atom. The average Bonchev–Trinajstić information content (AvgIpc) is 2.37. The maximum atomic E-state index is 13.2. The van der Waals surface area contributed by atoms with E-state index in [4.69, 9.17) is 23.2 Å². The van der Waals surface area contributed by atoms with Crippen LogP contribution < -0.4 is 10.2 Å². The highest BCUT2D eigenvalue weighted by Gasteiger charge is 2.26. The van der Waals surface area contributed by atoms with Gasteiger partial charge < -0.3 is 10.2 Å². The van der Waals surface area contributed by atoms with Crippen LogP contribution in [-0.2, 0) is 0 Å². The lowest BCUT2D eigenvalue weighted by Crippen LogP contribution is -2.46. The van der Waals surface area contributed by atoms with Crippen LogP contribution in [0.3, 0.4) is 0 Å². The summed E-state index contributed by atoms with van der Waals surface area (Å²) >= 11 is 12.3. The minimum Gasteiger partial charge on any atom is -0.367 e. The van der Waals surface area contributed by atoms with Crippen LogP contribution in [0, 0.1) is 5.82 Å². The predicted molar refractivity (Wildman–Crippen MR) is 75.3 cm³/mol. The fraction of sp³-hybridized carbons (Fsp3) is 0.538. The minimum absolute atomic E-state index is 0.0163. The standard InChI is InChI=1S/C13H17Cl2FN2/c1-13(2)8-18(5-3-4-17-13)12-10(14)6-9(16)7-11(12)15/h6-7,17H,3-5,8H2,1-2H3. The molecule has 1 heterocycles. The molecule has 1 aromatic rings. The molecule has 1 aliphatic rings. The summed E-state index contributed by atoms with van der Waals surface area (Å²) < 4.78 is 13.2. The lowest BCUT2D eigenvalue weighted by atomic mass is 10.1. The van der Waals surface area contributed by atoms with Crippen molar-refractivity contribution in [3.63, 3.8) is 0 Å². The lowest BCUT2D eigenvalue weighted by Gasteiger charge is -2.32. The van der Waals surface area contributed by atoms with Crippen molar-refractivity contribution in [2.75, 3.05) is 24.5 Å². The summed E-state index contributed by atoms with van der Waals surface area (Å²) in [5.41, 5.74) is 0.717. The summed E-state index contributed by atoms with van der Waals surface area (Å²) in [6, 6.07) is 2.63. The van der Waals surface area contributed by atoms with E-state index in [1.54, 1.807) is 0 Å². The summed E-state index contributed by atoms with van der Waals surface area (Å²) in [5, 5.41) is 4.21. The molecule has 1 N–H and O–H groups in total. The Balaban J connectivity index is 2.35. The van der Waals surface area contributed by atoms with E-state index in [0.717, 1.165) is 31.7 Å². The van der Waals surface area contributed by atoms with Crippen molar-refractivity contribution in [2.45, 2.75) is 25.8 Å². The third kappa shape index (κ3) is 3.08. The number of nitrogens with one attached hydrogen (secondary N) is 1. The first-order valence-corrected chi connectivity index (χ1v) is 6.79. The summed E-state index contributed by atoms with van der Waals surface area (Å²) in [5.74, 6) is -0.402. The molecule has 1 aliphatic heterocycles. The highest BCUT2D eigenvalue weighted by molar-refractivity contribution is 6.39. The van der Waals surface area contributed by atoms with E-state index in [9.17, 15) is 4.39 Å². The molecular weight excluding hydrogens is 274 g/mol. The van der Waals surface area contributed by atoms with Crippen molar-refractivity contribution in [1.82, 2.24) is 5.32 Å². The van der Waals surface area contributed by atoms with Crippen LogP contribution in [0.1, 0.15) is 20.3 Å². The summed E-state index contributed by atoms with van der Waals surface area (Å²) in [4.78, 5) is 2.13. The second-order valence-electron chi connectivity index (χ2n) is 5.30. The van der Waals surface area contributed by atoms with Crippen molar-refractivity contribution in [3.05, 3.63) is 28.0 Å². The van der Waals surface area contributed by atoms with E-state index in [-0.39, 0.29) is 5.54 Å². The first-order valence-electron chi connectivity index (χ1n) is 6.03. The molecule has 1 saturated heterocycles. The van der Waals surface area contributed by atoms with Crippen LogP contribution >= 0.6 is 23.2 Å². The number of hydrogen-bond acceptors (Lipinski definition) is 2. The summed E-state index contributed by atoms with van der Waals surface area (Å²) in [6.07, 6.45) is 1.01. The number of benzene rings is 1. The number of halogens is 3. The van der Waals surface area contributed by atoms with Gasteiger partial charge in [-0.15, -0.1) is 0 Å². The Kier molecular flexibility index (Phi) is 4.05. The fourth-order valence-corrected chi connectivity index (χ4v) is 3.04. The fourth-order valence-electron chi connectivity index (χ4n) is 2.34. The zero-order valence-electron chi connectivity index (χ0n) is 10.6. The number of nitrogens with zero attached hydrogens (tertiary/aromatic N) is 1. The molecule has 100 valence electrons. The Morgan fingerprint density at radius 3 is 2.50 bits per heavy atom. The molecule has 0 unspecified atom stereocenters. The van der Waals surface area contributed by atoms with Crippen LogP contribution in [0.25, 0.3) is 0 Å². The third-order valence-electron chi connectivity index (χ3n) is 3.09. The van der Waals surface area contributed by atoms with Gasteiger partial charge in [0.25, 0.3) is 0 Å². The minimum atomic E-state index is -0.402. The molecule has 0 bridgehead atoms. The molecule has 0 aromatic heterocycles. The van der Waals surface area contributed by atoms with E-state index < -0.39 is 5.82 Å². The second-order valence-corrected chi connectivity index (χ2v) is 6.12. The number of anilines is 1. The quantitative estimate of drug-likeness (QED) is 0.848. The van der Waals surface area contributed by atoms with E-state index >= 15 is 0 Å². The van der Waals surface area contributed by atoms with Gasteiger partial charge in [0.05, 0.1) is 15.7 Å². The van der Waals surface area contributed by atoms with E-state index in [2.05, 4.69) is 24.1 Å². The SMILES string of the molecule is CC1(C)CN(c2c(Cl)cc(F)cc2Cl)CCCN1. The van der Waals surface area contributed by atoms with E-state index in [0.29, 0.717) is 10.0 Å². The van der Waals surface area contributed by atoms with Crippen molar-refractivity contribution >= 4 is 28.9 Å². The molecule has 18 heavy (non-hydrogen) atoms. The highest BCUT2D eigenvalue weighted by atomic mass is 35.5. The van der Waals surface area contributed by atoms with Crippen LogP contribution in [-0.4, -0.2) is 25.2 Å². The van der Waals surface area contributed by atoms with Crippen molar-refractivity contribution in [2.24, 2.45) is 0 Å². The highest BCUT2D eigenvalue weighted by Crippen LogP contribution is 2.35. The van der Waals surface area contributed by atoms with E-state index in [1.807, 2.05) is 0 Å². The second kappa shape index (κ2) is 5.24. The average molecular weight is 291 g/mol. The van der Waals surface area contributed by atoms with Crippen LogP contribution in [0.4, 0.5) is 10.1 Å². The number of rotatable bonds is 1. The first-order chi connectivity index (χ1) is 8.39. The molecule has 1 fully saturated rings. The Morgan fingerprint density at radius 1 is 1.28 bits per heavy atom. The van der Waals surface area contributed by atoms with Gasteiger partial charge >= 0.3 is 0 Å². The van der Waals surface area contributed by atoms with Gasteiger partial charge in [-0.05, 0) is 38.9 Å². The van der Waals surface area contributed by atoms with Gasteiger partial charge in [0, 0.05) is 18.6 Å². The van der Waals surface area contributed by atoms with Crippen LogP contribution in [0.15, 0.2) is 12.1 Å². The number of hydrogen-bond donors (Lipinski definition) is 1. The Bertz CT molecular complexity index is 426. The third-order valence-corrected chi connectivity index (χ3v) is 3.67. The molecule has 2 rings (SSSR count). The molecule has 5 heteroatoms. The van der Waals surface area contributed by atoms with Crippen molar-refractivity contribution in [3.8, 4) is 0 Å². The van der Waals surface area contributed by atoms with Gasteiger partial charge in [-0.2, -0.15) is 0 Å². The topological polar surface area (TPSA) is 15.3 Å². The molecule has 0 amide bonds. The van der Waals surface area contributed by atoms with Gasteiger partial charge in [-0.3, -0.25) is 0 Å². The molecule has 0 aliphatic carbocycles. The summed E-state index contributed by atoms with van der Waals surface area (Å²) in [7, 11) is 0. The largest absolute Gasteiger partial charge is 0.367 e. The lowest BCUT2D eigenvalue weighted by molar-refractivity contribution is 0.416. The predicted octanol–water partition coefficient (Wildman–Crippen LogP) is 3.71. The molecule has 0 saturated carbocycles. The van der Waals surface area contributed by atoms with Crippen molar-refractivity contribution in [1.29, 1.82) is 0 Å². The van der Waals surface area contributed by atoms with Crippen LogP contribution in [0.5, 0.6) is 0 Å². The Hall–Kier alpha value is -0.510. The van der Waals surface area contributed by atoms with E-state index in [1.165, 1.54) is 12.1 Å². The molecular formula is C13H17Cl2FN2. The van der Waals surface area contributed by atoms with Gasteiger partial charge in [0.1, 0.15) is 5.82 Å². The first kappa shape index (κ1) is 13.9. The zero-order valence-corrected chi connectivity index (χ0v) is 12.1. The maximum absolute atomic E-state index is 13.2. The van der Waals surface area contributed by atoms with Gasteiger partial charge in [-0.1, -0.05) is 23.2 Å². The smallest absolute Gasteiger partial charge is 0.126 e. The molecule has 0 atom stereocenters. The van der Waals surface area contributed by atoms with Gasteiger partial charge in [0.2, 0.25) is 0 Å². The summed E-state index contributed by atoms with van der Waals surface area (Å²) in [6.45, 7) is 6.88. The maximum Gasteiger partial charge on any atom is 0.126 e. The molecule has 2 nitrogen and oxygen atoms in total. The normalized spacial score (nSPS) is 19.7. The zero-order chi connectivity index (χ0) is 13.3. The monoisotopic (exact) mass is 290 g/mol. The van der Waals surface area contributed by atoms with Crippen molar-refractivity contribution < 1.29 is 4.39 Å². The van der Waals surface area contributed by atoms with Gasteiger partial charge in [0.15, 0.2) is 0 Å². The van der Waals surface area contributed by atoms with Crippen LogP contribution in [0.2, 0.25) is 10.0 Å². The molecule has 1 aromatic carbocycles. The van der Waals surface area contributed by atoms with Gasteiger partial charge in [-0.25, -0.2) is 4.39 Å². The molecule has 0 radical (unpaired) electrons.